The number of esters is 1. The number of carbonyl (C=O) groups is 2. The van der Waals surface area contributed by atoms with Gasteiger partial charge < -0.3 is 9.84 Å². The van der Waals surface area contributed by atoms with E-state index in [9.17, 15) is 14.7 Å². The van der Waals surface area contributed by atoms with E-state index in [0.717, 1.165) is 19.3 Å². The number of fused-ring (bicyclic) bond motifs is 1. The van der Waals surface area contributed by atoms with Crippen LogP contribution in [0, 0.1) is 5.92 Å². The molecule has 0 saturated carbocycles. The first kappa shape index (κ1) is 17.0. The van der Waals surface area contributed by atoms with Crippen molar-refractivity contribution in [2.24, 2.45) is 5.92 Å². The Balaban J connectivity index is 2.03. The van der Waals surface area contributed by atoms with Crippen LogP contribution in [-0.2, 0) is 16.0 Å². The van der Waals surface area contributed by atoms with Crippen molar-refractivity contribution in [1.82, 2.24) is 0 Å². The summed E-state index contributed by atoms with van der Waals surface area (Å²) in [4.78, 5) is 24.4. The lowest BCUT2D eigenvalue weighted by Gasteiger charge is -2.19. The normalized spacial score (nSPS) is 20.3. The van der Waals surface area contributed by atoms with Gasteiger partial charge in [-0.2, -0.15) is 0 Å². The maximum Gasteiger partial charge on any atom is 0.346 e. The number of carbonyl (C=O) groups excluding carboxylic acids is 2. The molecule has 1 aliphatic rings. The molecule has 0 heterocycles. The van der Waals surface area contributed by atoms with E-state index in [4.69, 9.17) is 16.3 Å². The molecular formula is C17H21ClO4. The van der Waals surface area contributed by atoms with Gasteiger partial charge in [-0.25, -0.2) is 4.79 Å². The van der Waals surface area contributed by atoms with Crippen LogP contribution in [0.2, 0.25) is 5.02 Å². The minimum atomic E-state index is -2.11. The van der Waals surface area contributed by atoms with Gasteiger partial charge in [0.25, 0.3) is 0 Å². The number of halogens is 1. The third-order valence-corrected chi connectivity index (χ3v) is 4.62. The minimum Gasteiger partial charge on any atom is -0.463 e. The first-order valence-electron chi connectivity index (χ1n) is 7.65. The van der Waals surface area contributed by atoms with Gasteiger partial charge >= 0.3 is 5.97 Å². The molecule has 1 aliphatic carbocycles. The van der Waals surface area contributed by atoms with Crippen LogP contribution in [0.4, 0.5) is 0 Å². The SMILES string of the molecule is CCC(CC)CCOC(=O)[C@]1(O)Cc2cc(Cl)ccc2C1=O. The zero-order valence-electron chi connectivity index (χ0n) is 12.9. The molecule has 22 heavy (non-hydrogen) atoms. The summed E-state index contributed by atoms with van der Waals surface area (Å²) in [6.45, 7) is 4.40. The van der Waals surface area contributed by atoms with E-state index < -0.39 is 17.4 Å². The number of hydrogen-bond acceptors (Lipinski definition) is 4. The predicted octanol–water partition coefficient (Wildman–Crippen LogP) is 3.18. The van der Waals surface area contributed by atoms with Gasteiger partial charge in [0.1, 0.15) is 0 Å². The van der Waals surface area contributed by atoms with Crippen molar-refractivity contribution in [2.45, 2.75) is 45.1 Å². The minimum absolute atomic E-state index is 0.0778. The van der Waals surface area contributed by atoms with Crippen molar-refractivity contribution in [3.05, 3.63) is 34.3 Å². The number of ether oxygens (including phenoxy) is 1. The third kappa shape index (κ3) is 3.18. The van der Waals surface area contributed by atoms with Crippen molar-refractivity contribution >= 4 is 23.4 Å². The molecule has 1 aromatic carbocycles. The Hall–Kier alpha value is -1.39. The highest BCUT2D eigenvalue weighted by molar-refractivity contribution is 6.31. The highest BCUT2D eigenvalue weighted by atomic mass is 35.5. The van der Waals surface area contributed by atoms with E-state index in [-0.39, 0.29) is 13.0 Å². The van der Waals surface area contributed by atoms with Gasteiger partial charge in [0, 0.05) is 17.0 Å². The zero-order chi connectivity index (χ0) is 16.3. The molecule has 0 aromatic heterocycles. The van der Waals surface area contributed by atoms with Gasteiger partial charge in [-0.1, -0.05) is 38.3 Å². The highest BCUT2D eigenvalue weighted by Crippen LogP contribution is 2.33. The maximum absolute atomic E-state index is 12.3. The van der Waals surface area contributed by atoms with Crippen LogP contribution in [-0.4, -0.2) is 29.1 Å². The molecule has 0 radical (unpaired) electrons. The molecule has 0 spiro atoms. The highest BCUT2D eigenvalue weighted by Gasteiger charge is 2.51. The molecule has 0 amide bonds. The molecule has 4 nitrogen and oxygen atoms in total. The number of Topliss-reactive ketones (excluding diaryl/α,β-unsaturated/α-hetero) is 1. The Bertz CT molecular complexity index is 580. The van der Waals surface area contributed by atoms with Crippen LogP contribution in [0.25, 0.3) is 0 Å². The average molecular weight is 325 g/mol. The van der Waals surface area contributed by atoms with Crippen LogP contribution < -0.4 is 0 Å². The lowest BCUT2D eigenvalue weighted by molar-refractivity contribution is -0.160. The molecule has 0 bridgehead atoms. The summed E-state index contributed by atoms with van der Waals surface area (Å²) in [5.74, 6) is -0.986. The Labute approximate surface area is 135 Å². The average Bonchev–Trinajstić information content (AvgIpc) is 2.75. The predicted molar refractivity (Wildman–Crippen MR) is 84.1 cm³/mol. The summed E-state index contributed by atoms with van der Waals surface area (Å²) in [6.07, 6.45) is 2.69. The second kappa shape index (κ2) is 6.80. The second-order valence-electron chi connectivity index (χ2n) is 5.77. The largest absolute Gasteiger partial charge is 0.463 e. The van der Waals surface area contributed by atoms with Crippen LogP contribution in [0.1, 0.15) is 49.0 Å². The van der Waals surface area contributed by atoms with E-state index in [2.05, 4.69) is 13.8 Å². The van der Waals surface area contributed by atoms with Gasteiger partial charge in [0.2, 0.25) is 11.4 Å². The van der Waals surface area contributed by atoms with E-state index in [1.165, 1.54) is 6.07 Å². The fourth-order valence-corrected chi connectivity index (χ4v) is 3.00. The van der Waals surface area contributed by atoms with Crippen LogP contribution in [0.15, 0.2) is 18.2 Å². The molecule has 0 aliphatic heterocycles. The Morgan fingerprint density at radius 1 is 1.41 bits per heavy atom. The molecule has 0 unspecified atom stereocenters. The third-order valence-electron chi connectivity index (χ3n) is 4.39. The molecule has 2 rings (SSSR count). The molecule has 120 valence electrons. The van der Waals surface area contributed by atoms with Crippen molar-refractivity contribution in [1.29, 1.82) is 0 Å². The topological polar surface area (TPSA) is 63.6 Å². The number of ketones is 1. The van der Waals surface area contributed by atoms with Crippen molar-refractivity contribution in [2.75, 3.05) is 6.61 Å². The van der Waals surface area contributed by atoms with Gasteiger partial charge in [-0.15, -0.1) is 0 Å². The quantitative estimate of drug-likeness (QED) is 0.645. The molecule has 5 heteroatoms. The summed E-state index contributed by atoms with van der Waals surface area (Å²) in [5, 5.41) is 10.9. The molecule has 0 fully saturated rings. The summed E-state index contributed by atoms with van der Waals surface area (Å²) in [7, 11) is 0. The Morgan fingerprint density at radius 3 is 2.73 bits per heavy atom. The molecule has 1 N–H and O–H groups in total. The van der Waals surface area contributed by atoms with Crippen LogP contribution in [0.5, 0.6) is 0 Å². The van der Waals surface area contributed by atoms with E-state index in [1.807, 2.05) is 0 Å². The van der Waals surface area contributed by atoms with Crippen LogP contribution >= 0.6 is 11.6 Å². The van der Waals surface area contributed by atoms with E-state index in [0.29, 0.717) is 22.1 Å². The first-order valence-corrected chi connectivity index (χ1v) is 8.03. The fraction of sp³-hybridized carbons (Fsp3) is 0.529. The monoisotopic (exact) mass is 324 g/mol. The van der Waals surface area contributed by atoms with Crippen molar-refractivity contribution < 1.29 is 19.4 Å². The standard InChI is InChI=1S/C17H21ClO4/c1-3-11(4-2)7-8-22-16(20)17(21)10-12-9-13(18)5-6-14(12)15(17)19/h5-6,9,11,21H,3-4,7-8,10H2,1-2H3/t17-/m0/s1. The number of hydrogen-bond donors (Lipinski definition) is 1. The summed E-state index contributed by atoms with van der Waals surface area (Å²) in [6, 6.07) is 4.71. The number of benzene rings is 1. The lowest BCUT2D eigenvalue weighted by atomic mass is 9.99. The summed E-state index contributed by atoms with van der Waals surface area (Å²) in [5.41, 5.74) is -1.19. The lowest BCUT2D eigenvalue weighted by Crippen LogP contribution is -2.46. The van der Waals surface area contributed by atoms with E-state index in [1.54, 1.807) is 12.1 Å². The zero-order valence-corrected chi connectivity index (χ0v) is 13.7. The van der Waals surface area contributed by atoms with E-state index >= 15 is 0 Å². The van der Waals surface area contributed by atoms with Crippen molar-refractivity contribution in [3.8, 4) is 0 Å². The smallest absolute Gasteiger partial charge is 0.346 e. The molecular weight excluding hydrogens is 304 g/mol. The van der Waals surface area contributed by atoms with Gasteiger partial charge in [-0.05, 0) is 36.1 Å². The Morgan fingerprint density at radius 2 is 2.09 bits per heavy atom. The molecule has 0 saturated heterocycles. The fourth-order valence-electron chi connectivity index (χ4n) is 2.81. The van der Waals surface area contributed by atoms with Crippen molar-refractivity contribution in [3.63, 3.8) is 0 Å². The number of aliphatic hydroxyl groups is 1. The molecule has 1 aromatic rings. The second-order valence-corrected chi connectivity index (χ2v) is 6.21. The van der Waals surface area contributed by atoms with Gasteiger partial charge in [-0.3, -0.25) is 4.79 Å². The molecule has 1 atom stereocenters. The summed E-state index contributed by atoms with van der Waals surface area (Å²) >= 11 is 5.89. The maximum atomic E-state index is 12.3. The van der Waals surface area contributed by atoms with Gasteiger partial charge in [0.15, 0.2) is 0 Å². The first-order chi connectivity index (χ1) is 10.4. The van der Waals surface area contributed by atoms with Crippen LogP contribution in [0.3, 0.4) is 0 Å². The van der Waals surface area contributed by atoms with Gasteiger partial charge in [0.05, 0.1) is 6.61 Å². The summed E-state index contributed by atoms with van der Waals surface area (Å²) < 4.78 is 5.15. The number of rotatable bonds is 6. The Kier molecular flexibility index (Phi) is 5.24.